The van der Waals surface area contributed by atoms with Crippen LogP contribution in [-0.2, 0) is 16.0 Å². The van der Waals surface area contributed by atoms with Crippen LogP contribution in [-0.4, -0.2) is 26.8 Å². The minimum atomic E-state index is -0.336. The maximum Gasteiger partial charge on any atom is 0.302 e. The summed E-state index contributed by atoms with van der Waals surface area (Å²) < 4.78 is 7.40. The first-order valence-electron chi connectivity index (χ1n) is 7.53. The number of carbonyl (C=O) groups excluding carboxylic acids is 1. The summed E-state index contributed by atoms with van der Waals surface area (Å²) in [5.41, 5.74) is 0.852. The van der Waals surface area contributed by atoms with Gasteiger partial charge in [-0.25, -0.2) is 9.67 Å². The van der Waals surface area contributed by atoms with Crippen LogP contribution in [0.5, 0.6) is 0 Å². The normalized spacial score (nSPS) is 14.3. The van der Waals surface area contributed by atoms with Crippen LogP contribution in [0.1, 0.15) is 39.3 Å². The highest BCUT2D eigenvalue weighted by atomic mass is 35.5. The van der Waals surface area contributed by atoms with E-state index in [-0.39, 0.29) is 23.5 Å². The standard InChI is InChI=1S/C17H22ClN3O2/c1-12(22)23-16(17(2,3)4)15(21-11-19-10-20-21)9-13-5-7-14(18)8-6-13/h5-8,10-11,15-16H,9H2,1-4H3. The molecule has 23 heavy (non-hydrogen) atoms. The molecule has 6 heteroatoms. The molecule has 124 valence electrons. The second kappa shape index (κ2) is 7.13. The van der Waals surface area contributed by atoms with E-state index < -0.39 is 0 Å². The lowest BCUT2D eigenvalue weighted by molar-refractivity contribution is -0.156. The molecular weight excluding hydrogens is 314 g/mol. The molecule has 1 heterocycles. The summed E-state index contributed by atoms with van der Waals surface area (Å²) in [7, 11) is 0. The van der Waals surface area contributed by atoms with Gasteiger partial charge in [0.15, 0.2) is 0 Å². The Hall–Kier alpha value is -1.88. The lowest BCUT2D eigenvalue weighted by Crippen LogP contribution is -2.40. The molecule has 2 rings (SSSR count). The average molecular weight is 336 g/mol. The van der Waals surface area contributed by atoms with E-state index in [9.17, 15) is 4.79 Å². The SMILES string of the molecule is CC(=O)OC(C(Cc1ccc(Cl)cc1)n1cncn1)C(C)(C)C. The molecular formula is C17H22ClN3O2. The lowest BCUT2D eigenvalue weighted by Gasteiger charge is -2.36. The van der Waals surface area contributed by atoms with E-state index in [1.165, 1.54) is 13.3 Å². The molecule has 0 aliphatic carbocycles. The molecule has 0 spiro atoms. The van der Waals surface area contributed by atoms with Crippen molar-refractivity contribution in [1.82, 2.24) is 14.8 Å². The minimum Gasteiger partial charge on any atom is -0.460 e. The van der Waals surface area contributed by atoms with Crippen molar-refractivity contribution in [3.05, 3.63) is 47.5 Å². The molecule has 5 nitrogen and oxygen atoms in total. The largest absolute Gasteiger partial charge is 0.460 e. The Morgan fingerprint density at radius 2 is 1.96 bits per heavy atom. The van der Waals surface area contributed by atoms with Gasteiger partial charge in [-0.3, -0.25) is 4.79 Å². The number of halogens is 1. The van der Waals surface area contributed by atoms with Crippen molar-refractivity contribution in [3.8, 4) is 0 Å². The van der Waals surface area contributed by atoms with Gasteiger partial charge in [0.1, 0.15) is 18.8 Å². The van der Waals surface area contributed by atoms with Crippen LogP contribution in [0.15, 0.2) is 36.9 Å². The molecule has 0 aliphatic rings. The molecule has 0 saturated heterocycles. The number of benzene rings is 1. The van der Waals surface area contributed by atoms with Gasteiger partial charge >= 0.3 is 5.97 Å². The number of hydrogen-bond acceptors (Lipinski definition) is 4. The van der Waals surface area contributed by atoms with E-state index in [0.717, 1.165) is 5.56 Å². The highest BCUT2D eigenvalue weighted by molar-refractivity contribution is 6.30. The van der Waals surface area contributed by atoms with Crippen molar-refractivity contribution >= 4 is 17.6 Å². The Morgan fingerprint density at radius 1 is 1.30 bits per heavy atom. The molecule has 0 amide bonds. The van der Waals surface area contributed by atoms with Gasteiger partial charge in [0.2, 0.25) is 0 Å². The van der Waals surface area contributed by atoms with Crippen LogP contribution in [0.25, 0.3) is 0 Å². The zero-order valence-corrected chi connectivity index (χ0v) is 14.6. The van der Waals surface area contributed by atoms with E-state index in [4.69, 9.17) is 16.3 Å². The van der Waals surface area contributed by atoms with Crippen LogP contribution in [0.2, 0.25) is 5.02 Å². The van der Waals surface area contributed by atoms with E-state index >= 15 is 0 Å². The van der Waals surface area contributed by atoms with E-state index in [0.29, 0.717) is 11.4 Å². The number of ether oxygens (including phenoxy) is 1. The third kappa shape index (κ3) is 4.79. The molecule has 2 atom stereocenters. The summed E-state index contributed by atoms with van der Waals surface area (Å²) in [6, 6.07) is 7.50. The second-order valence-electron chi connectivity index (χ2n) is 6.67. The van der Waals surface area contributed by atoms with Crippen molar-refractivity contribution in [1.29, 1.82) is 0 Å². The van der Waals surface area contributed by atoms with Gasteiger partial charge < -0.3 is 4.74 Å². The van der Waals surface area contributed by atoms with Gasteiger partial charge in [0.05, 0.1) is 6.04 Å². The molecule has 0 bridgehead atoms. The molecule has 2 unspecified atom stereocenters. The van der Waals surface area contributed by atoms with E-state index in [2.05, 4.69) is 10.1 Å². The fourth-order valence-electron chi connectivity index (χ4n) is 2.60. The van der Waals surface area contributed by atoms with Crippen LogP contribution in [0.3, 0.4) is 0 Å². The molecule has 1 aromatic carbocycles. The van der Waals surface area contributed by atoms with Gasteiger partial charge in [-0.1, -0.05) is 44.5 Å². The number of esters is 1. The third-order valence-electron chi connectivity index (χ3n) is 3.63. The molecule has 0 aliphatic heterocycles. The third-order valence-corrected chi connectivity index (χ3v) is 3.88. The van der Waals surface area contributed by atoms with Crippen LogP contribution in [0, 0.1) is 5.41 Å². The second-order valence-corrected chi connectivity index (χ2v) is 7.11. The first-order valence-corrected chi connectivity index (χ1v) is 7.91. The Labute approximate surface area is 141 Å². The van der Waals surface area contributed by atoms with Gasteiger partial charge in [-0.15, -0.1) is 0 Å². The zero-order valence-electron chi connectivity index (χ0n) is 13.9. The fourth-order valence-corrected chi connectivity index (χ4v) is 2.73. The van der Waals surface area contributed by atoms with Gasteiger partial charge in [-0.2, -0.15) is 5.10 Å². The molecule has 2 aromatic rings. The minimum absolute atomic E-state index is 0.150. The van der Waals surface area contributed by atoms with Gasteiger partial charge in [-0.05, 0) is 24.1 Å². The molecule has 0 N–H and O–H groups in total. The number of aromatic nitrogens is 3. The van der Waals surface area contributed by atoms with Crippen molar-refractivity contribution < 1.29 is 9.53 Å². The number of rotatable bonds is 5. The molecule has 0 fully saturated rings. The van der Waals surface area contributed by atoms with Crippen molar-refractivity contribution in [2.24, 2.45) is 5.41 Å². The first kappa shape index (κ1) is 17.5. The Balaban J connectivity index is 2.36. The lowest BCUT2D eigenvalue weighted by atomic mass is 9.82. The predicted molar refractivity (Wildman–Crippen MR) is 89.2 cm³/mol. The Bertz CT molecular complexity index is 633. The zero-order chi connectivity index (χ0) is 17.0. The van der Waals surface area contributed by atoms with Crippen LogP contribution in [0.4, 0.5) is 0 Å². The highest BCUT2D eigenvalue weighted by Gasteiger charge is 2.36. The van der Waals surface area contributed by atoms with Crippen LogP contribution >= 0.6 is 11.6 Å². The fraction of sp³-hybridized carbons (Fsp3) is 0.471. The van der Waals surface area contributed by atoms with Gasteiger partial charge in [0.25, 0.3) is 0 Å². The maximum atomic E-state index is 11.6. The van der Waals surface area contributed by atoms with Crippen LogP contribution < -0.4 is 0 Å². The number of hydrogen-bond donors (Lipinski definition) is 0. The summed E-state index contributed by atoms with van der Waals surface area (Å²) in [5.74, 6) is -0.300. The predicted octanol–water partition coefficient (Wildman–Crippen LogP) is 3.69. The highest BCUT2D eigenvalue weighted by Crippen LogP contribution is 2.33. The van der Waals surface area contributed by atoms with Gasteiger partial charge in [0, 0.05) is 17.4 Å². The molecule has 0 saturated carbocycles. The molecule has 1 aromatic heterocycles. The maximum absolute atomic E-state index is 11.6. The summed E-state index contributed by atoms with van der Waals surface area (Å²) in [5, 5.41) is 4.95. The van der Waals surface area contributed by atoms with E-state index in [1.807, 2.05) is 45.0 Å². The number of nitrogens with zero attached hydrogens (tertiary/aromatic N) is 3. The topological polar surface area (TPSA) is 57.0 Å². The quantitative estimate of drug-likeness (QED) is 0.782. The summed E-state index contributed by atoms with van der Waals surface area (Å²) in [6.07, 6.45) is 3.47. The summed E-state index contributed by atoms with van der Waals surface area (Å²) >= 11 is 5.95. The Morgan fingerprint density at radius 3 is 2.43 bits per heavy atom. The monoisotopic (exact) mass is 335 g/mol. The summed E-state index contributed by atoms with van der Waals surface area (Å²) in [6.45, 7) is 7.57. The first-order chi connectivity index (χ1) is 10.8. The average Bonchev–Trinajstić information content (AvgIpc) is 2.97. The molecule has 0 radical (unpaired) electrons. The van der Waals surface area contributed by atoms with E-state index in [1.54, 1.807) is 11.0 Å². The van der Waals surface area contributed by atoms with Crippen molar-refractivity contribution in [2.45, 2.75) is 46.3 Å². The Kier molecular flexibility index (Phi) is 5.42. The van der Waals surface area contributed by atoms with Crippen molar-refractivity contribution in [3.63, 3.8) is 0 Å². The number of carbonyl (C=O) groups is 1. The smallest absolute Gasteiger partial charge is 0.302 e. The summed E-state index contributed by atoms with van der Waals surface area (Å²) in [4.78, 5) is 15.6. The van der Waals surface area contributed by atoms with Crippen molar-refractivity contribution in [2.75, 3.05) is 0 Å².